The average molecular weight is 371 g/mol. The van der Waals surface area contributed by atoms with Crippen molar-refractivity contribution in [3.05, 3.63) is 36.2 Å². The van der Waals surface area contributed by atoms with Gasteiger partial charge in [0.15, 0.2) is 5.69 Å². The zero-order chi connectivity index (χ0) is 19.2. The van der Waals surface area contributed by atoms with Gasteiger partial charge in [-0.3, -0.25) is 4.79 Å². The lowest BCUT2D eigenvalue weighted by atomic mass is 10.1. The summed E-state index contributed by atoms with van der Waals surface area (Å²) in [4.78, 5) is 24.1. The Hall–Kier alpha value is -2.94. The number of benzene rings is 1. The molecule has 1 aromatic heterocycles. The molecule has 27 heavy (non-hydrogen) atoms. The van der Waals surface area contributed by atoms with E-state index >= 15 is 0 Å². The fourth-order valence-corrected chi connectivity index (χ4v) is 2.89. The molecule has 0 bridgehead atoms. The molecule has 0 atom stereocenters. The maximum atomic E-state index is 12.4. The lowest BCUT2D eigenvalue weighted by Gasteiger charge is -2.22. The van der Waals surface area contributed by atoms with Crippen LogP contribution in [0, 0.1) is 0 Å². The summed E-state index contributed by atoms with van der Waals surface area (Å²) in [6.07, 6.45) is 3.64. The lowest BCUT2D eigenvalue weighted by molar-refractivity contribution is 0.102. The number of carbonyl (C=O) groups excluding carboxylic acids is 2. The monoisotopic (exact) mass is 371 g/mol. The van der Waals surface area contributed by atoms with Crippen molar-refractivity contribution in [2.24, 2.45) is 0 Å². The summed E-state index contributed by atoms with van der Waals surface area (Å²) >= 11 is 0. The third kappa shape index (κ3) is 5.27. The molecule has 9 heteroatoms. The van der Waals surface area contributed by atoms with E-state index in [1.165, 1.54) is 0 Å². The Bertz CT molecular complexity index is 779. The Morgan fingerprint density at radius 1 is 1.11 bits per heavy atom. The first-order chi connectivity index (χ1) is 13.0. The number of aromatic nitrogens is 3. The number of carbonyl (C=O) groups is 2. The van der Waals surface area contributed by atoms with Crippen LogP contribution >= 0.6 is 0 Å². The van der Waals surface area contributed by atoms with Crippen molar-refractivity contribution in [1.29, 1.82) is 0 Å². The highest BCUT2D eigenvalue weighted by Crippen LogP contribution is 2.18. The van der Waals surface area contributed by atoms with Gasteiger partial charge in [0.2, 0.25) is 0 Å². The van der Waals surface area contributed by atoms with Gasteiger partial charge in [0, 0.05) is 17.4 Å². The second kappa shape index (κ2) is 8.63. The Labute approximate surface area is 157 Å². The number of amides is 3. The first kappa shape index (κ1) is 18.8. The molecule has 144 valence electrons. The van der Waals surface area contributed by atoms with Crippen molar-refractivity contribution >= 4 is 23.3 Å². The van der Waals surface area contributed by atoms with Gasteiger partial charge in [0.05, 0.1) is 12.2 Å². The van der Waals surface area contributed by atoms with E-state index in [2.05, 4.69) is 31.6 Å². The van der Waals surface area contributed by atoms with Crippen molar-refractivity contribution in [2.75, 3.05) is 23.7 Å². The zero-order valence-corrected chi connectivity index (χ0v) is 15.5. The number of nitrogens with one attached hydrogen (secondary N) is 4. The van der Waals surface area contributed by atoms with Crippen LogP contribution in [0.2, 0.25) is 0 Å². The minimum Gasteiger partial charge on any atom is -0.336 e. The number of anilines is 2. The van der Waals surface area contributed by atoms with Crippen LogP contribution in [-0.4, -0.2) is 46.1 Å². The maximum absolute atomic E-state index is 12.4. The van der Waals surface area contributed by atoms with Gasteiger partial charge in [-0.1, -0.05) is 5.21 Å². The fraction of sp³-hybridized carbons (Fsp3) is 0.444. The zero-order valence-electron chi connectivity index (χ0n) is 15.5. The summed E-state index contributed by atoms with van der Waals surface area (Å²) in [6.45, 7) is 5.67. The number of nitrogens with zero attached hydrogens (tertiary/aromatic N) is 3. The number of rotatable bonds is 5. The van der Waals surface area contributed by atoms with Gasteiger partial charge in [-0.25, -0.2) is 9.48 Å². The molecule has 3 amide bonds. The Kier molecular flexibility index (Phi) is 6.02. The van der Waals surface area contributed by atoms with Crippen LogP contribution in [0.1, 0.15) is 43.2 Å². The smallest absolute Gasteiger partial charge is 0.319 e. The van der Waals surface area contributed by atoms with Gasteiger partial charge in [-0.2, -0.15) is 0 Å². The predicted octanol–water partition coefficient (Wildman–Crippen LogP) is 1.98. The summed E-state index contributed by atoms with van der Waals surface area (Å²) in [5.41, 5.74) is 1.54. The largest absolute Gasteiger partial charge is 0.336 e. The highest BCUT2D eigenvalue weighted by atomic mass is 16.2. The molecule has 0 unspecified atom stereocenters. The molecule has 1 fully saturated rings. The quantitative estimate of drug-likeness (QED) is 0.642. The average Bonchev–Trinajstić information content (AvgIpc) is 3.14. The van der Waals surface area contributed by atoms with E-state index in [0.29, 0.717) is 11.4 Å². The molecule has 9 nitrogen and oxygen atoms in total. The highest BCUT2D eigenvalue weighted by molar-refractivity contribution is 6.02. The van der Waals surface area contributed by atoms with Crippen molar-refractivity contribution in [2.45, 2.75) is 38.8 Å². The molecule has 1 aliphatic rings. The lowest BCUT2D eigenvalue weighted by Crippen LogP contribution is -2.34. The van der Waals surface area contributed by atoms with Crippen molar-refractivity contribution in [1.82, 2.24) is 25.6 Å². The van der Waals surface area contributed by atoms with Crippen LogP contribution in [0.4, 0.5) is 16.2 Å². The van der Waals surface area contributed by atoms with E-state index in [9.17, 15) is 9.59 Å². The molecule has 1 saturated heterocycles. The van der Waals surface area contributed by atoms with E-state index in [-0.39, 0.29) is 29.7 Å². The van der Waals surface area contributed by atoms with Crippen molar-refractivity contribution in [3.63, 3.8) is 0 Å². The Morgan fingerprint density at radius 3 is 2.37 bits per heavy atom. The highest BCUT2D eigenvalue weighted by Gasteiger charge is 2.18. The van der Waals surface area contributed by atoms with Gasteiger partial charge >= 0.3 is 6.03 Å². The minimum absolute atomic E-state index is 0.0573. The SMILES string of the molecule is CC(C)NC(=O)Nc1ccc(NC(=O)c2cn(C3CCNCC3)nn2)cc1. The molecule has 3 rings (SSSR count). The first-order valence-corrected chi connectivity index (χ1v) is 9.13. The summed E-state index contributed by atoms with van der Waals surface area (Å²) in [5.74, 6) is -0.312. The van der Waals surface area contributed by atoms with Gasteiger partial charge in [-0.05, 0) is 64.0 Å². The third-order valence-corrected chi connectivity index (χ3v) is 4.25. The third-order valence-electron chi connectivity index (χ3n) is 4.25. The molecular weight excluding hydrogens is 346 g/mol. The second-order valence-electron chi connectivity index (χ2n) is 6.85. The summed E-state index contributed by atoms with van der Waals surface area (Å²) < 4.78 is 1.77. The maximum Gasteiger partial charge on any atom is 0.319 e. The van der Waals surface area contributed by atoms with Crippen molar-refractivity contribution in [3.8, 4) is 0 Å². The number of piperidine rings is 1. The summed E-state index contributed by atoms with van der Waals surface area (Å²) in [5, 5.41) is 19.7. The van der Waals surface area contributed by atoms with Crippen molar-refractivity contribution < 1.29 is 9.59 Å². The number of hydrogen-bond acceptors (Lipinski definition) is 5. The predicted molar refractivity (Wildman–Crippen MR) is 103 cm³/mol. The molecule has 0 aliphatic carbocycles. The van der Waals surface area contributed by atoms with Gasteiger partial charge in [-0.15, -0.1) is 5.10 Å². The molecule has 0 spiro atoms. The summed E-state index contributed by atoms with van der Waals surface area (Å²) in [7, 11) is 0. The molecule has 2 heterocycles. The normalized spacial score (nSPS) is 14.8. The van der Waals surface area contributed by atoms with Gasteiger partial charge < -0.3 is 21.3 Å². The van der Waals surface area contributed by atoms with Crippen LogP contribution in [-0.2, 0) is 0 Å². The number of urea groups is 1. The van der Waals surface area contributed by atoms with Crippen LogP contribution in [0.15, 0.2) is 30.5 Å². The fourth-order valence-electron chi connectivity index (χ4n) is 2.89. The molecule has 1 aromatic carbocycles. The van der Waals surface area contributed by atoms with E-state index < -0.39 is 0 Å². The van der Waals surface area contributed by atoms with E-state index in [1.807, 2.05) is 13.8 Å². The second-order valence-corrected chi connectivity index (χ2v) is 6.85. The van der Waals surface area contributed by atoms with Gasteiger partial charge in [0.25, 0.3) is 5.91 Å². The van der Waals surface area contributed by atoms with Crippen LogP contribution < -0.4 is 21.3 Å². The molecular formula is C18H25N7O2. The van der Waals surface area contributed by atoms with Crippen LogP contribution in [0.5, 0.6) is 0 Å². The summed E-state index contributed by atoms with van der Waals surface area (Å²) in [6, 6.07) is 6.96. The van der Waals surface area contributed by atoms with Gasteiger partial charge in [0.1, 0.15) is 0 Å². The van der Waals surface area contributed by atoms with Crippen LogP contribution in [0.3, 0.4) is 0 Å². The molecule has 4 N–H and O–H groups in total. The Morgan fingerprint density at radius 2 is 1.74 bits per heavy atom. The molecule has 0 saturated carbocycles. The first-order valence-electron chi connectivity index (χ1n) is 9.13. The molecule has 2 aromatic rings. The topological polar surface area (TPSA) is 113 Å². The number of hydrogen-bond donors (Lipinski definition) is 4. The standard InChI is InChI=1S/C18H25N7O2/c1-12(2)20-18(27)22-14-5-3-13(4-6-14)21-17(26)16-11-25(24-23-16)15-7-9-19-10-8-15/h3-6,11-12,15,19H,7-10H2,1-2H3,(H,21,26)(H2,20,22,27). The minimum atomic E-state index is -0.312. The van der Waals surface area contributed by atoms with E-state index in [4.69, 9.17) is 0 Å². The molecule has 1 aliphatic heterocycles. The van der Waals surface area contributed by atoms with E-state index in [0.717, 1.165) is 25.9 Å². The molecule has 0 radical (unpaired) electrons. The van der Waals surface area contributed by atoms with Crippen LogP contribution in [0.25, 0.3) is 0 Å². The Balaban J connectivity index is 1.56. The van der Waals surface area contributed by atoms with E-state index in [1.54, 1.807) is 35.1 Å².